The van der Waals surface area contributed by atoms with E-state index in [-0.39, 0.29) is 47.7 Å². The topological polar surface area (TPSA) is 111 Å². The minimum atomic E-state index is -0.609. The Hall–Kier alpha value is -2.08. The number of anilines is 1. The molecule has 1 saturated carbocycles. The lowest BCUT2D eigenvalue weighted by molar-refractivity contribution is -0.155. The highest BCUT2D eigenvalue weighted by molar-refractivity contribution is 6.28. The first-order chi connectivity index (χ1) is 16.8. The highest BCUT2D eigenvalue weighted by Crippen LogP contribution is 2.34. The molecule has 0 bridgehead atoms. The largest absolute Gasteiger partial charge is 0.379 e. The fourth-order valence-corrected chi connectivity index (χ4v) is 5.69. The normalized spacial score (nSPS) is 21.4. The molecule has 12 heteroatoms. The summed E-state index contributed by atoms with van der Waals surface area (Å²) < 4.78 is 20.8. The molecule has 3 fully saturated rings. The van der Waals surface area contributed by atoms with Gasteiger partial charge in [-0.15, -0.1) is 0 Å². The molecule has 2 saturated heterocycles. The molecule has 0 radical (unpaired) electrons. The maximum Gasteiger partial charge on any atom is 0.233 e. The number of nitrogens with one attached hydrogen (secondary N) is 1. The van der Waals surface area contributed by atoms with E-state index in [0.717, 1.165) is 38.8 Å². The molecule has 2 amide bonds. The fourth-order valence-electron chi connectivity index (χ4n) is 5.50. The summed E-state index contributed by atoms with van der Waals surface area (Å²) in [6.45, 7) is 6.13. The second-order valence-electron chi connectivity index (χ2n) is 10.1. The number of rotatable bonds is 10. The third kappa shape index (κ3) is 6.19. The van der Waals surface area contributed by atoms with Crippen LogP contribution in [0.2, 0.25) is 5.28 Å². The predicted octanol–water partition coefficient (Wildman–Crippen LogP) is 1.84. The Labute approximate surface area is 209 Å². The Morgan fingerprint density at radius 2 is 2.03 bits per heavy atom. The number of hydrogen-bond acceptors (Lipinski definition) is 8. The SMILES string of the molecule is CC1(N2CCOCC2)CN(c2nc(Cl)nc(CNC(=O)[C@H](CC3CCCC3)CN(O)C=O)c2F)C1. The van der Waals surface area contributed by atoms with Crippen LogP contribution in [-0.2, 0) is 20.9 Å². The molecule has 1 aromatic heterocycles. The first-order valence-corrected chi connectivity index (χ1v) is 12.6. The molecule has 3 heterocycles. The van der Waals surface area contributed by atoms with Gasteiger partial charge in [-0.3, -0.25) is 19.7 Å². The molecule has 10 nitrogen and oxygen atoms in total. The summed E-state index contributed by atoms with van der Waals surface area (Å²) in [7, 11) is 0. The smallest absolute Gasteiger partial charge is 0.233 e. The van der Waals surface area contributed by atoms with Gasteiger partial charge in [0.25, 0.3) is 0 Å². The molecule has 0 aromatic carbocycles. The Balaban J connectivity index is 1.39. The number of carbonyl (C=O) groups excluding carboxylic acids is 2. The molecule has 1 aliphatic carbocycles. The summed E-state index contributed by atoms with van der Waals surface area (Å²) in [5.74, 6) is -1.07. The number of carbonyl (C=O) groups is 2. The van der Waals surface area contributed by atoms with Crippen LogP contribution in [0.1, 0.15) is 44.7 Å². The second-order valence-corrected chi connectivity index (χ2v) is 10.4. The molecular formula is C23H34ClFN6O4. The maximum atomic E-state index is 15.4. The van der Waals surface area contributed by atoms with Crippen LogP contribution >= 0.6 is 11.6 Å². The minimum Gasteiger partial charge on any atom is -0.379 e. The van der Waals surface area contributed by atoms with E-state index in [1.165, 1.54) is 0 Å². The number of halogens is 2. The lowest BCUT2D eigenvalue weighted by atomic mass is 9.89. The number of nitrogens with zero attached hydrogens (tertiary/aromatic N) is 5. The second kappa shape index (κ2) is 11.3. The lowest BCUT2D eigenvalue weighted by Gasteiger charge is -2.55. The predicted molar refractivity (Wildman–Crippen MR) is 126 cm³/mol. The zero-order valence-corrected chi connectivity index (χ0v) is 20.8. The van der Waals surface area contributed by atoms with E-state index >= 15 is 4.39 Å². The van der Waals surface area contributed by atoms with Crippen LogP contribution in [0.25, 0.3) is 0 Å². The van der Waals surface area contributed by atoms with Gasteiger partial charge in [0.05, 0.1) is 37.8 Å². The van der Waals surface area contributed by atoms with Crippen molar-refractivity contribution in [3.8, 4) is 0 Å². The van der Waals surface area contributed by atoms with Crippen molar-refractivity contribution < 1.29 is 23.9 Å². The molecule has 35 heavy (non-hydrogen) atoms. The van der Waals surface area contributed by atoms with Crippen LogP contribution in [0.5, 0.6) is 0 Å². The zero-order valence-electron chi connectivity index (χ0n) is 20.1. The van der Waals surface area contributed by atoms with Crippen molar-refractivity contribution in [2.45, 2.75) is 51.1 Å². The number of aromatic nitrogens is 2. The van der Waals surface area contributed by atoms with Gasteiger partial charge in [0.2, 0.25) is 17.6 Å². The minimum absolute atomic E-state index is 0.00387. The summed E-state index contributed by atoms with van der Waals surface area (Å²) in [5, 5.41) is 12.8. The molecule has 4 rings (SSSR count). The Morgan fingerprint density at radius 1 is 1.34 bits per heavy atom. The molecule has 0 unspecified atom stereocenters. The standard InChI is InChI=1S/C23H34ClFN6O4/c1-23(30-6-8-35-9-7-30)13-29(14-23)20-19(25)18(27-22(24)28-20)11-26-21(33)17(12-31(34)15-32)10-16-4-2-3-5-16/h15-17,34H,2-14H2,1H3,(H,26,33)/t17-/m1/s1. The summed E-state index contributed by atoms with van der Waals surface area (Å²) in [6.07, 6.45) is 5.11. The van der Waals surface area contributed by atoms with Gasteiger partial charge in [0, 0.05) is 26.2 Å². The van der Waals surface area contributed by atoms with E-state index in [9.17, 15) is 14.8 Å². The van der Waals surface area contributed by atoms with Crippen molar-refractivity contribution in [1.82, 2.24) is 25.2 Å². The van der Waals surface area contributed by atoms with Crippen molar-refractivity contribution >= 4 is 29.7 Å². The molecule has 2 aliphatic heterocycles. The van der Waals surface area contributed by atoms with Gasteiger partial charge < -0.3 is 15.0 Å². The molecule has 194 valence electrons. The molecule has 1 aromatic rings. The first kappa shape index (κ1) is 26.0. The molecule has 3 aliphatic rings. The van der Waals surface area contributed by atoms with E-state index in [1.807, 2.05) is 4.90 Å². The Morgan fingerprint density at radius 3 is 2.69 bits per heavy atom. The van der Waals surface area contributed by atoms with Gasteiger partial charge in [-0.05, 0) is 30.9 Å². The summed E-state index contributed by atoms with van der Waals surface area (Å²) >= 11 is 6.11. The molecular weight excluding hydrogens is 479 g/mol. The van der Waals surface area contributed by atoms with Crippen molar-refractivity contribution in [2.24, 2.45) is 11.8 Å². The average Bonchev–Trinajstić information content (AvgIpc) is 3.35. The van der Waals surface area contributed by atoms with Crippen LogP contribution in [0.3, 0.4) is 0 Å². The van der Waals surface area contributed by atoms with Gasteiger partial charge in [0.1, 0.15) is 5.69 Å². The van der Waals surface area contributed by atoms with Crippen LogP contribution in [-0.4, -0.2) is 88.9 Å². The van der Waals surface area contributed by atoms with E-state index in [4.69, 9.17) is 16.3 Å². The fraction of sp³-hybridized carbons (Fsp3) is 0.739. The quantitative estimate of drug-likeness (QED) is 0.211. The number of morpholine rings is 1. The average molecular weight is 513 g/mol. The highest BCUT2D eigenvalue weighted by Gasteiger charge is 2.45. The van der Waals surface area contributed by atoms with E-state index in [1.54, 1.807) is 0 Å². The number of ether oxygens (including phenoxy) is 1. The maximum absolute atomic E-state index is 15.4. The lowest BCUT2D eigenvalue weighted by Crippen LogP contribution is -2.70. The van der Waals surface area contributed by atoms with Crippen molar-refractivity contribution in [2.75, 3.05) is 50.8 Å². The van der Waals surface area contributed by atoms with Crippen LogP contribution < -0.4 is 10.2 Å². The van der Waals surface area contributed by atoms with E-state index in [2.05, 4.69) is 27.1 Å². The highest BCUT2D eigenvalue weighted by atomic mass is 35.5. The molecule has 2 N–H and O–H groups in total. The molecule has 0 spiro atoms. The first-order valence-electron chi connectivity index (χ1n) is 12.3. The number of hydrogen-bond donors (Lipinski definition) is 2. The van der Waals surface area contributed by atoms with Gasteiger partial charge in [-0.1, -0.05) is 25.7 Å². The van der Waals surface area contributed by atoms with Crippen molar-refractivity contribution in [3.63, 3.8) is 0 Å². The van der Waals surface area contributed by atoms with E-state index < -0.39 is 11.7 Å². The van der Waals surface area contributed by atoms with Gasteiger partial charge in [-0.2, -0.15) is 4.98 Å². The van der Waals surface area contributed by atoms with Crippen LogP contribution in [0, 0.1) is 17.7 Å². The monoisotopic (exact) mass is 512 g/mol. The van der Waals surface area contributed by atoms with Crippen LogP contribution in [0.4, 0.5) is 10.2 Å². The zero-order chi connectivity index (χ0) is 25.0. The summed E-state index contributed by atoms with van der Waals surface area (Å²) in [4.78, 5) is 36.1. The van der Waals surface area contributed by atoms with Crippen molar-refractivity contribution in [1.29, 1.82) is 0 Å². The Bertz CT molecular complexity index is 906. The molecule has 1 atom stereocenters. The van der Waals surface area contributed by atoms with Gasteiger partial charge in [-0.25, -0.2) is 14.4 Å². The number of amides is 2. The summed E-state index contributed by atoms with van der Waals surface area (Å²) in [6, 6.07) is 0. The third-order valence-electron chi connectivity index (χ3n) is 7.43. The van der Waals surface area contributed by atoms with Gasteiger partial charge >= 0.3 is 0 Å². The van der Waals surface area contributed by atoms with E-state index in [0.29, 0.717) is 43.7 Å². The number of hydroxylamine groups is 2. The van der Waals surface area contributed by atoms with Crippen LogP contribution in [0.15, 0.2) is 0 Å². The Kier molecular flexibility index (Phi) is 8.41. The third-order valence-corrected chi connectivity index (χ3v) is 7.60. The van der Waals surface area contributed by atoms with Crippen molar-refractivity contribution in [3.05, 3.63) is 16.8 Å². The van der Waals surface area contributed by atoms with Gasteiger partial charge in [0.15, 0.2) is 11.6 Å². The summed E-state index contributed by atoms with van der Waals surface area (Å²) in [5.41, 5.74) is -0.0891.